The van der Waals surface area contributed by atoms with Crippen LogP contribution >= 0.6 is 0 Å². The monoisotopic (exact) mass is 452 g/mol. The third-order valence-corrected chi connectivity index (χ3v) is 6.26. The van der Waals surface area contributed by atoms with E-state index in [4.69, 9.17) is 5.73 Å². The molecular weight excluding hydrogens is 424 g/mol. The first kappa shape index (κ1) is 22.0. The van der Waals surface area contributed by atoms with Gasteiger partial charge in [0, 0.05) is 59.7 Å². The van der Waals surface area contributed by atoms with Gasteiger partial charge in [0.15, 0.2) is 0 Å². The number of aromatic nitrogens is 2. The summed E-state index contributed by atoms with van der Waals surface area (Å²) in [6.07, 6.45) is 9.20. The molecule has 7 heteroatoms. The molecule has 0 saturated carbocycles. The van der Waals surface area contributed by atoms with Crippen molar-refractivity contribution >= 4 is 28.2 Å². The number of rotatable bonds is 5. The van der Waals surface area contributed by atoms with Crippen LogP contribution in [0.1, 0.15) is 18.4 Å². The summed E-state index contributed by atoms with van der Waals surface area (Å²) in [5.41, 5.74) is 10.9. The van der Waals surface area contributed by atoms with E-state index in [1.807, 2.05) is 36.7 Å². The summed E-state index contributed by atoms with van der Waals surface area (Å²) >= 11 is 0. The highest BCUT2D eigenvalue weighted by Gasteiger charge is 2.16. The van der Waals surface area contributed by atoms with E-state index in [0.29, 0.717) is 17.4 Å². The molecule has 2 amide bonds. The quantitative estimate of drug-likeness (QED) is 0.402. The van der Waals surface area contributed by atoms with Gasteiger partial charge in [-0.15, -0.1) is 0 Å². The Morgan fingerprint density at radius 2 is 1.62 bits per heavy atom. The Morgan fingerprint density at radius 3 is 2.35 bits per heavy atom. The molecule has 4 N–H and O–H groups in total. The van der Waals surface area contributed by atoms with E-state index in [0.717, 1.165) is 49.0 Å². The Morgan fingerprint density at radius 1 is 0.912 bits per heavy atom. The number of urea groups is 1. The van der Waals surface area contributed by atoms with Gasteiger partial charge in [0.25, 0.3) is 0 Å². The molecule has 0 bridgehead atoms. The van der Waals surface area contributed by atoms with Crippen LogP contribution in [-0.4, -0.2) is 40.0 Å². The molecule has 7 nitrogen and oxygen atoms in total. The van der Waals surface area contributed by atoms with Crippen molar-refractivity contribution < 1.29 is 4.79 Å². The second-order valence-electron chi connectivity index (χ2n) is 8.75. The van der Waals surface area contributed by atoms with Crippen LogP contribution in [0.3, 0.4) is 0 Å². The van der Waals surface area contributed by atoms with E-state index in [9.17, 15) is 4.79 Å². The van der Waals surface area contributed by atoms with Crippen molar-refractivity contribution in [3.63, 3.8) is 0 Å². The van der Waals surface area contributed by atoms with Gasteiger partial charge in [-0.25, -0.2) is 4.79 Å². The van der Waals surface area contributed by atoms with Crippen LogP contribution in [0, 0.1) is 0 Å². The van der Waals surface area contributed by atoms with E-state index in [-0.39, 0.29) is 6.03 Å². The number of carbonyl (C=O) groups excluding carboxylic acids is 1. The summed E-state index contributed by atoms with van der Waals surface area (Å²) in [5, 5.41) is 7.95. The number of likely N-dealkylation sites (tertiary alicyclic amines) is 1. The molecule has 0 aliphatic carbocycles. The van der Waals surface area contributed by atoms with Crippen LogP contribution < -0.4 is 16.4 Å². The highest BCUT2D eigenvalue weighted by atomic mass is 16.2. The molecule has 172 valence electrons. The fourth-order valence-electron chi connectivity index (χ4n) is 4.37. The summed E-state index contributed by atoms with van der Waals surface area (Å²) in [5.74, 6) is 0. The number of nitrogens with one attached hydrogen (secondary N) is 2. The zero-order chi connectivity index (χ0) is 23.3. The lowest BCUT2D eigenvalue weighted by atomic mass is 9.98. The number of nitrogens with zero attached hydrogens (tertiary/aromatic N) is 3. The molecule has 1 aliphatic heterocycles. The van der Waals surface area contributed by atoms with Gasteiger partial charge in [-0.3, -0.25) is 14.9 Å². The first-order valence-electron chi connectivity index (χ1n) is 11.6. The lowest BCUT2D eigenvalue weighted by Crippen LogP contribution is -2.39. The van der Waals surface area contributed by atoms with Crippen molar-refractivity contribution in [2.24, 2.45) is 5.73 Å². The van der Waals surface area contributed by atoms with Gasteiger partial charge in [0.1, 0.15) is 0 Å². The largest absolute Gasteiger partial charge is 0.328 e. The molecule has 0 radical (unpaired) electrons. The Hall–Kier alpha value is -3.81. The maximum absolute atomic E-state index is 12.3. The SMILES string of the molecule is NC1CCN(Cc2ccc3cncc(-c4ccc(NC(=O)Nc5ccncc5)cc4)c3c2)CC1. The van der Waals surface area contributed by atoms with Gasteiger partial charge in [-0.2, -0.15) is 0 Å². The maximum atomic E-state index is 12.3. The fourth-order valence-corrected chi connectivity index (χ4v) is 4.37. The van der Waals surface area contributed by atoms with E-state index < -0.39 is 0 Å². The molecule has 3 heterocycles. The zero-order valence-electron chi connectivity index (χ0n) is 18.9. The minimum atomic E-state index is -0.297. The molecule has 2 aromatic carbocycles. The Kier molecular flexibility index (Phi) is 6.46. The zero-order valence-corrected chi connectivity index (χ0v) is 18.9. The van der Waals surface area contributed by atoms with Gasteiger partial charge in [0.05, 0.1) is 0 Å². The lowest BCUT2D eigenvalue weighted by Gasteiger charge is -2.30. The summed E-state index contributed by atoms with van der Waals surface area (Å²) in [7, 11) is 0. The number of hydrogen-bond acceptors (Lipinski definition) is 5. The Labute approximate surface area is 199 Å². The van der Waals surface area contributed by atoms with Crippen molar-refractivity contribution in [1.82, 2.24) is 14.9 Å². The molecule has 0 atom stereocenters. The normalized spacial score (nSPS) is 14.7. The van der Waals surface area contributed by atoms with Crippen LogP contribution in [0.5, 0.6) is 0 Å². The first-order chi connectivity index (χ1) is 16.6. The van der Waals surface area contributed by atoms with Crippen molar-refractivity contribution in [2.75, 3.05) is 23.7 Å². The van der Waals surface area contributed by atoms with E-state index >= 15 is 0 Å². The van der Waals surface area contributed by atoms with Crippen molar-refractivity contribution in [2.45, 2.75) is 25.4 Å². The van der Waals surface area contributed by atoms with Crippen LogP contribution in [-0.2, 0) is 6.54 Å². The van der Waals surface area contributed by atoms with Gasteiger partial charge >= 0.3 is 6.03 Å². The average molecular weight is 453 g/mol. The second-order valence-corrected chi connectivity index (χ2v) is 8.75. The van der Waals surface area contributed by atoms with E-state index in [2.05, 4.69) is 43.7 Å². The number of pyridine rings is 2. The molecule has 0 unspecified atom stereocenters. The third kappa shape index (κ3) is 5.22. The number of amides is 2. The van der Waals surface area contributed by atoms with Crippen molar-refractivity contribution in [3.8, 4) is 11.1 Å². The molecule has 34 heavy (non-hydrogen) atoms. The number of benzene rings is 2. The predicted octanol–water partition coefficient (Wildman–Crippen LogP) is 4.86. The number of piperidine rings is 1. The molecule has 2 aromatic heterocycles. The number of fused-ring (bicyclic) bond motifs is 1. The van der Waals surface area contributed by atoms with Crippen molar-refractivity contribution in [3.05, 3.63) is 84.9 Å². The number of carbonyl (C=O) groups is 1. The van der Waals surface area contributed by atoms with Gasteiger partial charge in [-0.05, 0) is 72.8 Å². The summed E-state index contributed by atoms with van der Waals surface area (Å²) in [6.45, 7) is 3.02. The smallest absolute Gasteiger partial charge is 0.323 e. The number of hydrogen-bond donors (Lipinski definition) is 3. The summed E-state index contributed by atoms with van der Waals surface area (Å²) in [6, 6.07) is 18.0. The van der Waals surface area contributed by atoms with Crippen LogP contribution in [0.4, 0.5) is 16.2 Å². The lowest BCUT2D eigenvalue weighted by molar-refractivity contribution is 0.206. The van der Waals surface area contributed by atoms with Crippen LogP contribution in [0.25, 0.3) is 21.9 Å². The molecule has 4 aromatic rings. The second kappa shape index (κ2) is 9.99. The Bertz CT molecular complexity index is 1270. The molecule has 1 fully saturated rings. The average Bonchev–Trinajstić information content (AvgIpc) is 2.86. The van der Waals surface area contributed by atoms with Gasteiger partial charge in [0.2, 0.25) is 0 Å². The molecule has 1 aliphatic rings. The maximum Gasteiger partial charge on any atom is 0.323 e. The predicted molar refractivity (Wildman–Crippen MR) is 137 cm³/mol. The summed E-state index contributed by atoms with van der Waals surface area (Å²) < 4.78 is 0. The van der Waals surface area contributed by atoms with E-state index in [1.54, 1.807) is 24.5 Å². The Balaban J connectivity index is 1.32. The topological polar surface area (TPSA) is 96.2 Å². The number of anilines is 2. The minimum absolute atomic E-state index is 0.297. The molecule has 0 spiro atoms. The molecule has 1 saturated heterocycles. The fraction of sp³-hybridized carbons (Fsp3) is 0.222. The standard InChI is InChI=1S/C27H28N6O/c28-22-9-13-33(14-10-22)18-19-1-2-21-16-30-17-26(25(21)15-19)20-3-5-23(6-4-20)31-27(34)32-24-7-11-29-12-8-24/h1-8,11-12,15-17,22H,9-10,13-14,18,28H2,(H2,29,31,32,34). The highest BCUT2D eigenvalue weighted by Crippen LogP contribution is 2.30. The summed E-state index contributed by atoms with van der Waals surface area (Å²) in [4.78, 5) is 23.1. The van der Waals surface area contributed by atoms with Crippen LogP contribution in [0.2, 0.25) is 0 Å². The highest BCUT2D eigenvalue weighted by molar-refractivity contribution is 6.00. The minimum Gasteiger partial charge on any atom is -0.328 e. The molecular formula is C27H28N6O. The first-order valence-corrected chi connectivity index (χ1v) is 11.6. The molecule has 5 rings (SSSR count). The third-order valence-electron chi connectivity index (χ3n) is 6.26. The van der Waals surface area contributed by atoms with Crippen LogP contribution in [0.15, 0.2) is 79.4 Å². The van der Waals surface area contributed by atoms with Crippen molar-refractivity contribution in [1.29, 1.82) is 0 Å². The van der Waals surface area contributed by atoms with Gasteiger partial charge < -0.3 is 16.4 Å². The van der Waals surface area contributed by atoms with E-state index in [1.165, 1.54) is 10.9 Å². The van der Waals surface area contributed by atoms with Gasteiger partial charge in [-0.1, -0.05) is 24.3 Å². The number of nitrogens with two attached hydrogens (primary N) is 1.